The average Bonchev–Trinajstić information content (AvgIpc) is 2.40. The molecule has 2 aromatic rings. The highest BCUT2D eigenvalue weighted by Gasteiger charge is 2.14. The maximum atomic E-state index is 11.5. The molecule has 108 valence electrons. The molecule has 0 bridgehead atoms. The third-order valence-corrected chi connectivity index (χ3v) is 3.19. The number of aryl methyl sites for hydroxylation is 1. The molecule has 21 heavy (non-hydrogen) atoms. The van der Waals surface area contributed by atoms with Crippen LogP contribution in [0.15, 0.2) is 30.5 Å². The number of pyridine rings is 1. The van der Waals surface area contributed by atoms with Gasteiger partial charge in [0.1, 0.15) is 5.82 Å². The number of primary amides is 1. The van der Waals surface area contributed by atoms with Crippen molar-refractivity contribution in [2.45, 2.75) is 6.92 Å². The van der Waals surface area contributed by atoms with Crippen LogP contribution in [-0.4, -0.2) is 22.0 Å². The molecule has 0 spiro atoms. The predicted octanol–water partition coefficient (Wildman–Crippen LogP) is 2.58. The highest BCUT2D eigenvalue weighted by Crippen LogP contribution is 2.25. The molecule has 0 saturated carbocycles. The van der Waals surface area contributed by atoms with Gasteiger partial charge in [0.05, 0.1) is 16.1 Å². The quantitative estimate of drug-likeness (QED) is 0.805. The zero-order chi connectivity index (χ0) is 15.6. The Bertz CT molecular complexity index is 731. The number of aromatic carboxylic acids is 1. The van der Waals surface area contributed by atoms with Crippen LogP contribution in [0.5, 0.6) is 0 Å². The Hall–Kier alpha value is -2.60. The Morgan fingerprint density at radius 2 is 2.05 bits per heavy atom. The highest BCUT2D eigenvalue weighted by molar-refractivity contribution is 6.33. The van der Waals surface area contributed by atoms with Crippen LogP contribution in [0.2, 0.25) is 5.02 Å². The van der Waals surface area contributed by atoms with E-state index < -0.39 is 11.9 Å². The summed E-state index contributed by atoms with van der Waals surface area (Å²) in [5.41, 5.74) is 6.66. The number of nitrogens with zero attached hydrogens (tertiary/aromatic N) is 1. The van der Waals surface area contributed by atoms with Crippen LogP contribution in [0.25, 0.3) is 0 Å². The molecule has 2 rings (SSSR count). The van der Waals surface area contributed by atoms with E-state index in [9.17, 15) is 9.59 Å². The average molecular weight is 306 g/mol. The first-order valence-corrected chi connectivity index (χ1v) is 6.33. The van der Waals surface area contributed by atoms with Crippen molar-refractivity contribution >= 4 is 35.0 Å². The minimum Gasteiger partial charge on any atom is -0.478 e. The number of nitrogens with one attached hydrogen (secondary N) is 1. The third-order valence-electron chi connectivity index (χ3n) is 2.87. The van der Waals surface area contributed by atoms with Gasteiger partial charge in [-0.1, -0.05) is 11.6 Å². The summed E-state index contributed by atoms with van der Waals surface area (Å²) in [4.78, 5) is 26.6. The van der Waals surface area contributed by atoms with Crippen molar-refractivity contribution in [1.82, 2.24) is 4.98 Å². The largest absolute Gasteiger partial charge is 0.478 e. The number of carboxylic acid groups (broad SMARTS) is 1. The van der Waals surface area contributed by atoms with Crippen molar-refractivity contribution in [2.24, 2.45) is 5.73 Å². The second kappa shape index (κ2) is 5.80. The maximum Gasteiger partial charge on any atom is 0.337 e. The van der Waals surface area contributed by atoms with Gasteiger partial charge in [-0.25, -0.2) is 9.78 Å². The zero-order valence-electron chi connectivity index (χ0n) is 11.1. The fourth-order valence-electron chi connectivity index (χ4n) is 1.87. The molecule has 0 atom stereocenters. The number of aromatic nitrogens is 1. The number of rotatable bonds is 4. The van der Waals surface area contributed by atoms with Crippen molar-refractivity contribution in [1.29, 1.82) is 0 Å². The molecule has 1 aromatic carbocycles. The van der Waals surface area contributed by atoms with E-state index in [1.54, 1.807) is 19.1 Å². The van der Waals surface area contributed by atoms with Crippen LogP contribution in [0, 0.1) is 6.92 Å². The minimum atomic E-state index is -1.14. The monoisotopic (exact) mass is 305 g/mol. The summed E-state index contributed by atoms with van der Waals surface area (Å²) in [5, 5.41) is 12.0. The van der Waals surface area contributed by atoms with Crippen molar-refractivity contribution in [3.05, 3.63) is 52.2 Å². The summed E-state index contributed by atoms with van der Waals surface area (Å²) in [6, 6.07) is 6.06. The molecular weight excluding hydrogens is 294 g/mol. The van der Waals surface area contributed by atoms with Crippen molar-refractivity contribution in [3.63, 3.8) is 0 Å². The van der Waals surface area contributed by atoms with E-state index in [0.717, 1.165) is 0 Å². The lowest BCUT2D eigenvalue weighted by atomic mass is 10.1. The molecule has 1 amide bonds. The number of carboxylic acids is 1. The fraction of sp³-hybridized carbons (Fsp3) is 0.0714. The van der Waals surface area contributed by atoms with Crippen LogP contribution in [0.1, 0.15) is 26.3 Å². The lowest BCUT2D eigenvalue weighted by Gasteiger charge is -2.11. The minimum absolute atomic E-state index is 0.0463. The molecule has 0 aliphatic rings. The van der Waals surface area contributed by atoms with Crippen molar-refractivity contribution < 1.29 is 14.7 Å². The summed E-state index contributed by atoms with van der Waals surface area (Å²) >= 11 is 5.80. The van der Waals surface area contributed by atoms with Gasteiger partial charge in [0, 0.05) is 11.9 Å². The molecule has 0 fully saturated rings. The molecule has 7 heteroatoms. The number of amides is 1. The number of anilines is 2. The van der Waals surface area contributed by atoms with Crippen LogP contribution in [0.3, 0.4) is 0 Å². The van der Waals surface area contributed by atoms with E-state index in [-0.39, 0.29) is 22.0 Å². The molecule has 1 aromatic heterocycles. The number of carbonyl (C=O) groups is 2. The first kappa shape index (κ1) is 14.8. The summed E-state index contributed by atoms with van der Waals surface area (Å²) in [5.74, 6) is -1.49. The predicted molar refractivity (Wildman–Crippen MR) is 79.2 cm³/mol. The molecule has 0 unspecified atom stereocenters. The summed E-state index contributed by atoms with van der Waals surface area (Å²) in [6.45, 7) is 1.73. The van der Waals surface area contributed by atoms with E-state index in [0.29, 0.717) is 11.3 Å². The first-order chi connectivity index (χ1) is 9.90. The Kier molecular flexibility index (Phi) is 4.09. The Morgan fingerprint density at radius 3 is 2.67 bits per heavy atom. The van der Waals surface area contributed by atoms with Gasteiger partial charge >= 0.3 is 5.97 Å². The van der Waals surface area contributed by atoms with Gasteiger partial charge < -0.3 is 16.2 Å². The van der Waals surface area contributed by atoms with E-state index in [2.05, 4.69) is 10.3 Å². The van der Waals surface area contributed by atoms with Gasteiger partial charge in [-0.2, -0.15) is 0 Å². The van der Waals surface area contributed by atoms with E-state index in [4.69, 9.17) is 22.4 Å². The molecule has 0 aliphatic carbocycles. The molecule has 0 aliphatic heterocycles. The topological polar surface area (TPSA) is 105 Å². The lowest BCUT2D eigenvalue weighted by molar-refractivity contribution is 0.0697. The number of hydrogen-bond acceptors (Lipinski definition) is 4. The van der Waals surface area contributed by atoms with Gasteiger partial charge in [-0.15, -0.1) is 0 Å². The molecule has 6 nitrogen and oxygen atoms in total. The van der Waals surface area contributed by atoms with Gasteiger partial charge in [0.25, 0.3) is 5.91 Å². The first-order valence-electron chi connectivity index (χ1n) is 5.95. The number of carbonyl (C=O) groups excluding carboxylic acids is 1. The van der Waals surface area contributed by atoms with Crippen molar-refractivity contribution in [2.75, 3.05) is 5.32 Å². The Labute approximate surface area is 125 Å². The van der Waals surface area contributed by atoms with E-state index in [1.165, 1.54) is 18.3 Å². The SMILES string of the molecule is Cc1ccnc(Nc2ccc(Cl)c(C(=O)O)c2)c1C(N)=O. The van der Waals surface area contributed by atoms with Gasteiger partial charge in [0.15, 0.2) is 0 Å². The summed E-state index contributed by atoms with van der Waals surface area (Å²) in [7, 11) is 0. The molecule has 0 radical (unpaired) electrons. The Balaban J connectivity index is 2.44. The van der Waals surface area contributed by atoms with E-state index >= 15 is 0 Å². The van der Waals surface area contributed by atoms with Crippen LogP contribution in [-0.2, 0) is 0 Å². The summed E-state index contributed by atoms with van der Waals surface area (Å²) in [6.07, 6.45) is 1.53. The van der Waals surface area contributed by atoms with Crippen LogP contribution < -0.4 is 11.1 Å². The lowest BCUT2D eigenvalue weighted by Crippen LogP contribution is -2.16. The van der Waals surface area contributed by atoms with Gasteiger partial charge in [-0.05, 0) is 36.8 Å². The summed E-state index contributed by atoms with van der Waals surface area (Å²) < 4.78 is 0. The maximum absolute atomic E-state index is 11.5. The molecular formula is C14H12ClN3O3. The number of nitrogens with two attached hydrogens (primary N) is 1. The van der Waals surface area contributed by atoms with Gasteiger partial charge in [-0.3, -0.25) is 4.79 Å². The highest BCUT2D eigenvalue weighted by atomic mass is 35.5. The van der Waals surface area contributed by atoms with Crippen LogP contribution >= 0.6 is 11.6 Å². The Morgan fingerprint density at radius 1 is 1.33 bits per heavy atom. The third kappa shape index (κ3) is 3.11. The number of benzene rings is 1. The fourth-order valence-corrected chi connectivity index (χ4v) is 2.07. The van der Waals surface area contributed by atoms with E-state index in [1.807, 2.05) is 0 Å². The molecule has 1 heterocycles. The number of hydrogen-bond donors (Lipinski definition) is 3. The normalized spacial score (nSPS) is 10.2. The molecule has 0 saturated heterocycles. The number of halogens is 1. The smallest absolute Gasteiger partial charge is 0.337 e. The molecule has 4 N–H and O–H groups in total. The van der Waals surface area contributed by atoms with Crippen LogP contribution in [0.4, 0.5) is 11.5 Å². The second-order valence-corrected chi connectivity index (χ2v) is 4.75. The standard InChI is InChI=1S/C14H12ClN3O3/c1-7-4-5-17-13(11(7)12(16)19)18-8-2-3-10(15)9(6-8)14(20)21/h2-6H,1H3,(H2,16,19)(H,17,18)(H,20,21). The van der Waals surface area contributed by atoms with Gasteiger partial charge in [0.2, 0.25) is 0 Å². The van der Waals surface area contributed by atoms with Crippen molar-refractivity contribution in [3.8, 4) is 0 Å². The second-order valence-electron chi connectivity index (χ2n) is 4.34. The zero-order valence-corrected chi connectivity index (χ0v) is 11.8.